The summed E-state index contributed by atoms with van der Waals surface area (Å²) in [5.74, 6) is 0. The van der Waals surface area contributed by atoms with Gasteiger partial charge in [-0.15, -0.1) is 17.9 Å². The normalized spacial score (nSPS) is 11.8. The molecule has 3 nitrogen and oxygen atoms in total. The molecule has 0 bridgehead atoms. The van der Waals surface area contributed by atoms with Crippen LogP contribution in [0.3, 0.4) is 0 Å². The second-order valence-electron chi connectivity index (χ2n) is 16.9. The summed E-state index contributed by atoms with van der Waals surface area (Å²) in [6, 6.07) is 74.3. The highest BCUT2D eigenvalue weighted by atomic mass is 32.1. The van der Waals surface area contributed by atoms with Crippen LogP contribution in [0.4, 0.5) is 34.1 Å². The molecule has 0 fully saturated rings. The number of aromatic nitrogens is 1. The molecule has 0 saturated carbocycles. The van der Waals surface area contributed by atoms with Crippen molar-refractivity contribution in [3.05, 3.63) is 262 Å². The zero-order chi connectivity index (χ0) is 46.3. The van der Waals surface area contributed by atoms with Gasteiger partial charge in [-0.1, -0.05) is 173 Å². The molecule has 67 heavy (non-hydrogen) atoms. The Morgan fingerprint density at radius 1 is 0.448 bits per heavy atom. The quantitative estimate of drug-likeness (QED) is 0.106. The summed E-state index contributed by atoms with van der Waals surface area (Å²) < 4.78 is 2.64. The van der Waals surface area contributed by atoms with Gasteiger partial charge in [-0.3, -0.25) is 4.98 Å². The Balaban J connectivity index is 0.000000756. The molecule has 0 spiro atoms. The van der Waals surface area contributed by atoms with Crippen molar-refractivity contribution in [3.8, 4) is 33.5 Å². The molecule has 1 aliphatic rings. The van der Waals surface area contributed by atoms with Gasteiger partial charge in [0.15, 0.2) is 0 Å². The molecule has 2 heterocycles. The third kappa shape index (κ3) is 8.75. The van der Waals surface area contributed by atoms with Crippen LogP contribution in [-0.2, 0) is 5.41 Å². The van der Waals surface area contributed by atoms with E-state index < -0.39 is 0 Å². The molecule has 10 aromatic rings. The first-order valence-corrected chi connectivity index (χ1v) is 23.5. The van der Waals surface area contributed by atoms with E-state index in [-0.39, 0.29) is 5.41 Å². The number of nitrogens with zero attached hydrogens (tertiary/aromatic N) is 3. The van der Waals surface area contributed by atoms with Crippen LogP contribution in [0.2, 0.25) is 0 Å². The number of para-hydroxylation sites is 2. The van der Waals surface area contributed by atoms with E-state index in [0.29, 0.717) is 0 Å². The Morgan fingerprint density at radius 3 is 1.57 bits per heavy atom. The molecule has 326 valence electrons. The lowest BCUT2D eigenvalue weighted by Gasteiger charge is -2.28. The fraction of sp³-hybridized carbons (Fsp3) is 0.0635. The molecule has 0 amide bonds. The number of allylic oxidation sites excluding steroid dienone is 3. The maximum absolute atomic E-state index is 5.11. The Bertz CT molecular complexity index is 3270. The summed E-state index contributed by atoms with van der Waals surface area (Å²) in [5, 5.41) is 2.63. The SMILES string of the molecule is C=CC.C=CC=C.CC1(C)c2ccccc2-c2ccc(N(c3ccc(-c4cccc5c4sc4ccccc45)cc3)c3ccc(-c4ccc(N(c5ccccc5)c5ccccc5)cc4)nc3)cc21. The van der Waals surface area contributed by atoms with E-state index in [1.807, 2.05) is 24.5 Å². The van der Waals surface area contributed by atoms with Crippen LogP contribution >= 0.6 is 11.3 Å². The van der Waals surface area contributed by atoms with Crippen LogP contribution in [0, 0.1) is 0 Å². The molecule has 0 saturated heterocycles. The zero-order valence-electron chi connectivity index (χ0n) is 38.3. The number of thiophene rings is 1. The third-order valence-corrected chi connectivity index (χ3v) is 13.5. The van der Waals surface area contributed by atoms with E-state index >= 15 is 0 Å². The molecule has 11 rings (SSSR count). The van der Waals surface area contributed by atoms with Gasteiger partial charge in [0.2, 0.25) is 0 Å². The first-order chi connectivity index (χ1) is 32.8. The fourth-order valence-corrected chi connectivity index (χ4v) is 10.4. The highest BCUT2D eigenvalue weighted by molar-refractivity contribution is 7.26. The van der Waals surface area contributed by atoms with Crippen LogP contribution in [0.5, 0.6) is 0 Å². The lowest BCUT2D eigenvalue weighted by molar-refractivity contribution is 0.660. The molecule has 4 heteroatoms. The molecule has 8 aromatic carbocycles. The summed E-state index contributed by atoms with van der Waals surface area (Å²) in [6.45, 7) is 16.7. The van der Waals surface area contributed by atoms with Gasteiger partial charge in [0.25, 0.3) is 0 Å². The van der Waals surface area contributed by atoms with Gasteiger partial charge in [-0.25, -0.2) is 0 Å². The second-order valence-corrected chi connectivity index (χ2v) is 18.0. The number of hydrogen-bond acceptors (Lipinski definition) is 4. The van der Waals surface area contributed by atoms with Crippen LogP contribution in [0.15, 0.2) is 250 Å². The molecule has 0 radical (unpaired) electrons. The van der Waals surface area contributed by atoms with Gasteiger partial charge < -0.3 is 9.80 Å². The highest BCUT2D eigenvalue weighted by Gasteiger charge is 2.35. The van der Waals surface area contributed by atoms with Gasteiger partial charge in [0.05, 0.1) is 17.6 Å². The monoisotopic (exact) mass is 883 g/mol. The largest absolute Gasteiger partial charge is 0.311 e. The number of pyridine rings is 1. The van der Waals surface area contributed by atoms with Crippen molar-refractivity contribution in [2.45, 2.75) is 26.2 Å². The Kier molecular flexibility index (Phi) is 12.9. The number of rotatable bonds is 9. The average Bonchev–Trinajstić information content (AvgIpc) is 3.87. The number of hydrogen-bond donors (Lipinski definition) is 0. The Hall–Kier alpha value is -8.05. The van der Waals surface area contributed by atoms with Crippen LogP contribution < -0.4 is 9.80 Å². The van der Waals surface area contributed by atoms with E-state index in [2.05, 4.69) is 250 Å². The molecule has 1 aliphatic carbocycles. The Labute approximate surface area is 399 Å². The van der Waals surface area contributed by atoms with E-state index in [4.69, 9.17) is 4.98 Å². The predicted octanol–water partition coefficient (Wildman–Crippen LogP) is 18.6. The minimum absolute atomic E-state index is 0.120. The van der Waals surface area contributed by atoms with Gasteiger partial charge in [-0.2, -0.15) is 0 Å². The smallest absolute Gasteiger partial charge is 0.0703 e. The first kappa shape index (κ1) is 44.2. The molecule has 2 aromatic heterocycles. The summed E-state index contributed by atoms with van der Waals surface area (Å²) in [5.41, 5.74) is 16.2. The summed E-state index contributed by atoms with van der Waals surface area (Å²) in [7, 11) is 0. The molecular formula is C63H53N3S. The molecular weight excluding hydrogens is 831 g/mol. The summed E-state index contributed by atoms with van der Waals surface area (Å²) >= 11 is 1.87. The van der Waals surface area contributed by atoms with Gasteiger partial charge in [-0.05, 0) is 119 Å². The summed E-state index contributed by atoms with van der Waals surface area (Å²) in [4.78, 5) is 9.74. The fourth-order valence-electron chi connectivity index (χ4n) is 9.11. The van der Waals surface area contributed by atoms with Gasteiger partial charge >= 0.3 is 0 Å². The van der Waals surface area contributed by atoms with Crippen molar-refractivity contribution in [1.82, 2.24) is 4.98 Å². The molecule has 0 unspecified atom stereocenters. The molecule has 0 atom stereocenters. The average molecular weight is 884 g/mol. The number of anilines is 6. The van der Waals surface area contributed by atoms with Crippen molar-refractivity contribution in [1.29, 1.82) is 0 Å². The maximum Gasteiger partial charge on any atom is 0.0703 e. The first-order valence-electron chi connectivity index (χ1n) is 22.7. The number of benzene rings is 8. The highest BCUT2D eigenvalue weighted by Crippen LogP contribution is 2.51. The van der Waals surface area contributed by atoms with Crippen molar-refractivity contribution in [3.63, 3.8) is 0 Å². The number of fused-ring (bicyclic) bond motifs is 6. The van der Waals surface area contributed by atoms with E-state index in [1.54, 1.807) is 18.2 Å². The van der Waals surface area contributed by atoms with E-state index in [0.717, 1.165) is 45.4 Å². The van der Waals surface area contributed by atoms with E-state index in [9.17, 15) is 0 Å². The van der Waals surface area contributed by atoms with Crippen molar-refractivity contribution in [2.75, 3.05) is 9.80 Å². The predicted molar refractivity (Wildman–Crippen MR) is 291 cm³/mol. The lowest BCUT2D eigenvalue weighted by atomic mass is 9.82. The maximum atomic E-state index is 5.11. The van der Waals surface area contributed by atoms with Crippen molar-refractivity contribution >= 4 is 65.6 Å². The minimum Gasteiger partial charge on any atom is -0.311 e. The third-order valence-electron chi connectivity index (χ3n) is 12.3. The standard InChI is InChI=1S/C56H41N3S.C4H6.C3H6/c1-56(2)51-22-11-9-18-47(51)48-34-32-44(36-52(48)56)59(43-28-24-38(25-29-43)46-20-13-21-50-49-19-10-12-23-54(49)60-55(46)50)45-33-35-53(57-37-45)39-26-30-42(31-27-39)58(40-14-5-3-6-15-40)41-16-7-4-8-17-41;1-3-4-2;1-3-2/h3-37H,1-2H3;3-4H,1-2H2;3H,1H2,2H3. The van der Waals surface area contributed by atoms with Crippen molar-refractivity contribution < 1.29 is 0 Å². The minimum atomic E-state index is -0.120. The summed E-state index contributed by atoms with van der Waals surface area (Å²) in [6.07, 6.45) is 7.04. The van der Waals surface area contributed by atoms with Gasteiger partial charge in [0, 0.05) is 59.6 Å². The second kappa shape index (κ2) is 19.6. The Morgan fingerprint density at radius 2 is 0.940 bits per heavy atom. The molecule has 0 aliphatic heterocycles. The van der Waals surface area contributed by atoms with Crippen LogP contribution in [0.1, 0.15) is 31.9 Å². The topological polar surface area (TPSA) is 19.4 Å². The zero-order valence-corrected chi connectivity index (χ0v) is 39.1. The lowest BCUT2D eigenvalue weighted by Crippen LogP contribution is -2.16. The van der Waals surface area contributed by atoms with Crippen LogP contribution in [0.25, 0.3) is 53.7 Å². The van der Waals surface area contributed by atoms with Crippen molar-refractivity contribution in [2.24, 2.45) is 0 Å². The van der Waals surface area contributed by atoms with Crippen LogP contribution in [-0.4, -0.2) is 4.98 Å². The molecule has 0 N–H and O–H groups in total. The van der Waals surface area contributed by atoms with E-state index in [1.165, 1.54) is 53.6 Å². The van der Waals surface area contributed by atoms with Gasteiger partial charge in [0.1, 0.15) is 0 Å².